The van der Waals surface area contributed by atoms with Crippen LogP contribution in [0.25, 0.3) is 0 Å². The molecule has 0 bridgehead atoms. The van der Waals surface area contributed by atoms with Crippen LogP contribution in [0.15, 0.2) is 18.2 Å². The maximum Gasteiger partial charge on any atom is 0.122 e. The Balaban J connectivity index is 1.92. The van der Waals surface area contributed by atoms with Crippen molar-refractivity contribution in [3.8, 4) is 5.75 Å². The van der Waals surface area contributed by atoms with Gasteiger partial charge in [0.05, 0.1) is 7.11 Å². The van der Waals surface area contributed by atoms with Gasteiger partial charge in [-0.1, -0.05) is 17.7 Å². The summed E-state index contributed by atoms with van der Waals surface area (Å²) < 4.78 is 5.45. The SMILES string of the molecule is COc1ccc(C)cc1CCN(C)C1CCCNC1. The number of hydrogen-bond acceptors (Lipinski definition) is 3. The molecular formula is C16H26N2O. The van der Waals surface area contributed by atoms with Crippen LogP contribution in [0.2, 0.25) is 0 Å². The Morgan fingerprint density at radius 3 is 2.95 bits per heavy atom. The van der Waals surface area contributed by atoms with Crippen LogP contribution in [-0.2, 0) is 6.42 Å². The first-order valence-electron chi connectivity index (χ1n) is 7.25. The molecule has 1 heterocycles. The topological polar surface area (TPSA) is 24.5 Å². The third kappa shape index (κ3) is 3.95. The van der Waals surface area contributed by atoms with Crippen LogP contribution in [0.3, 0.4) is 0 Å². The average Bonchev–Trinajstić information content (AvgIpc) is 2.46. The van der Waals surface area contributed by atoms with Gasteiger partial charge in [-0.05, 0) is 51.4 Å². The molecule has 1 atom stereocenters. The summed E-state index contributed by atoms with van der Waals surface area (Å²) in [5.41, 5.74) is 2.62. The third-order valence-electron chi connectivity index (χ3n) is 4.06. The van der Waals surface area contributed by atoms with Crippen molar-refractivity contribution >= 4 is 0 Å². The second-order valence-electron chi connectivity index (χ2n) is 5.55. The first kappa shape index (κ1) is 14.4. The Morgan fingerprint density at radius 1 is 1.42 bits per heavy atom. The van der Waals surface area contributed by atoms with Gasteiger partial charge in [-0.15, -0.1) is 0 Å². The molecule has 1 unspecified atom stereocenters. The second kappa shape index (κ2) is 6.92. The van der Waals surface area contributed by atoms with Crippen LogP contribution >= 0.6 is 0 Å². The van der Waals surface area contributed by atoms with Gasteiger partial charge in [-0.3, -0.25) is 0 Å². The van der Waals surface area contributed by atoms with Gasteiger partial charge in [0, 0.05) is 19.1 Å². The quantitative estimate of drug-likeness (QED) is 0.880. The minimum Gasteiger partial charge on any atom is -0.496 e. The highest BCUT2D eigenvalue weighted by atomic mass is 16.5. The predicted octanol–water partition coefficient (Wildman–Crippen LogP) is 2.23. The van der Waals surface area contributed by atoms with E-state index in [-0.39, 0.29) is 0 Å². The summed E-state index contributed by atoms with van der Waals surface area (Å²) in [5.74, 6) is 1.01. The van der Waals surface area contributed by atoms with E-state index in [1.165, 1.54) is 30.5 Å². The van der Waals surface area contributed by atoms with Crippen LogP contribution in [0.4, 0.5) is 0 Å². The number of nitrogens with one attached hydrogen (secondary N) is 1. The lowest BCUT2D eigenvalue weighted by molar-refractivity contribution is 0.205. The maximum atomic E-state index is 5.45. The van der Waals surface area contributed by atoms with E-state index in [1.54, 1.807) is 7.11 Å². The molecule has 1 aliphatic rings. The molecule has 0 aromatic heterocycles. The molecule has 0 saturated carbocycles. The van der Waals surface area contributed by atoms with Crippen molar-refractivity contribution < 1.29 is 4.74 Å². The standard InChI is InChI=1S/C16H26N2O/c1-13-6-7-16(19-3)14(11-13)8-10-18(2)15-5-4-9-17-12-15/h6-7,11,15,17H,4-5,8-10,12H2,1-3H3. The van der Waals surface area contributed by atoms with Crippen LogP contribution in [0.5, 0.6) is 5.75 Å². The van der Waals surface area contributed by atoms with Crippen LogP contribution in [0, 0.1) is 6.92 Å². The number of methoxy groups -OCH3 is 1. The number of benzene rings is 1. The minimum atomic E-state index is 0.685. The summed E-state index contributed by atoms with van der Waals surface area (Å²) in [7, 11) is 3.99. The number of ether oxygens (including phenoxy) is 1. The predicted molar refractivity (Wildman–Crippen MR) is 80.0 cm³/mol. The first-order valence-corrected chi connectivity index (χ1v) is 7.25. The highest BCUT2D eigenvalue weighted by Crippen LogP contribution is 2.21. The van der Waals surface area contributed by atoms with Gasteiger partial charge in [0.2, 0.25) is 0 Å². The highest BCUT2D eigenvalue weighted by Gasteiger charge is 2.17. The van der Waals surface area contributed by atoms with E-state index in [0.29, 0.717) is 6.04 Å². The zero-order valence-corrected chi connectivity index (χ0v) is 12.4. The average molecular weight is 262 g/mol. The fraction of sp³-hybridized carbons (Fsp3) is 0.625. The van der Waals surface area contributed by atoms with E-state index in [1.807, 2.05) is 0 Å². The molecule has 0 radical (unpaired) electrons. The summed E-state index contributed by atoms with van der Waals surface area (Å²) in [5, 5.41) is 3.48. The zero-order chi connectivity index (χ0) is 13.7. The van der Waals surface area contributed by atoms with Crippen molar-refractivity contribution in [3.63, 3.8) is 0 Å². The Kier molecular flexibility index (Phi) is 5.23. The molecule has 106 valence electrons. The third-order valence-corrected chi connectivity index (χ3v) is 4.06. The summed E-state index contributed by atoms with van der Waals surface area (Å²) in [6.07, 6.45) is 3.66. The Bertz CT molecular complexity index is 400. The van der Waals surface area contributed by atoms with E-state index >= 15 is 0 Å². The van der Waals surface area contributed by atoms with Crippen molar-refractivity contribution in [2.24, 2.45) is 0 Å². The van der Waals surface area contributed by atoms with Crippen LogP contribution in [0.1, 0.15) is 24.0 Å². The lowest BCUT2D eigenvalue weighted by atomic mass is 10.0. The molecule has 1 aromatic rings. The smallest absolute Gasteiger partial charge is 0.122 e. The van der Waals surface area contributed by atoms with Gasteiger partial charge in [-0.25, -0.2) is 0 Å². The van der Waals surface area contributed by atoms with Crippen LogP contribution in [-0.4, -0.2) is 44.7 Å². The lowest BCUT2D eigenvalue weighted by Gasteiger charge is -2.31. The minimum absolute atomic E-state index is 0.685. The van der Waals surface area contributed by atoms with E-state index in [0.717, 1.165) is 25.3 Å². The van der Waals surface area contributed by atoms with Crippen molar-refractivity contribution in [3.05, 3.63) is 29.3 Å². The van der Waals surface area contributed by atoms with Crippen LogP contribution < -0.4 is 10.1 Å². The molecule has 19 heavy (non-hydrogen) atoms. The van der Waals surface area contributed by atoms with Crippen molar-refractivity contribution in [1.29, 1.82) is 0 Å². The molecule has 3 nitrogen and oxygen atoms in total. The highest BCUT2D eigenvalue weighted by molar-refractivity contribution is 5.37. The molecule has 0 aliphatic carbocycles. The number of likely N-dealkylation sites (N-methyl/N-ethyl adjacent to an activating group) is 1. The number of nitrogens with zero attached hydrogens (tertiary/aromatic N) is 1. The zero-order valence-electron chi connectivity index (χ0n) is 12.4. The molecule has 1 N–H and O–H groups in total. The van der Waals surface area contributed by atoms with Gasteiger partial charge in [0.15, 0.2) is 0 Å². The maximum absolute atomic E-state index is 5.45. The molecule has 1 fully saturated rings. The fourth-order valence-corrected chi connectivity index (χ4v) is 2.79. The van der Waals surface area contributed by atoms with E-state index < -0.39 is 0 Å². The van der Waals surface area contributed by atoms with Gasteiger partial charge in [0.25, 0.3) is 0 Å². The summed E-state index contributed by atoms with van der Waals surface area (Å²) in [6.45, 7) is 5.53. The number of piperidine rings is 1. The molecule has 1 aliphatic heterocycles. The molecule has 3 heteroatoms. The molecule has 1 aromatic carbocycles. The van der Waals surface area contributed by atoms with Gasteiger partial charge in [0.1, 0.15) is 5.75 Å². The fourth-order valence-electron chi connectivity index (χ4n) is 2.79. The second-order valence-corrected chi connectivity index (χ2v) is 5.55. The summed E-state index contributed by atoms with van der Waals surface area (Å²) >= 11 is 0. The molecule has 0 amide bonds. The van der Waals surface area contributed by atoms with Crippen molar-refractivity contribution in [2.45, 2.75) is 32.2 Å². The lowest BCUT2D eigenvalue weighted by Crippen LogP contribution is -2.44. The van der Waals surface area contributed by atoms with E-state index in [2.05, 4.69) is 42.4 Å². The van der Waals surface area contributed by atoms with E-state index in [4.69, 9.17) is 4.74 Å². The monoisotopic (exact) mass is 262 g/mol. The van der Waals surface area contributed by atoms with Gasteiger partial charge >= 0.3 is 0 Å². The Morgan fingerprint density at radius 2 is 2.26 bits per heavy atom. The summed E-state index contributed by atoms with van der Waals surface area (Å²) in [6, 6.07) is 7.11. The van der Waals surface area contributed by atoms with Crippen molar-refractivity contribution in [1.82, 2.24) is 10.2 Å². The number of hydrogen-bond donors (Lipinski definition) is 1. The number of aryl methyl sites for hydroxylation is 1. The van der Waals surface area contributed by atoms with Gasteiger partial charge < -0.3 is 15.0 Å². The van der Waals surface area contributed by atoms with E-state index in [9.17, 15) is 0 Å². The first-order chi connectivity index (χ1) is 9.20. The molecule has 0 spiro atoms. The van der Waals surface area contributed by atoms with Gasteiger partial charge in [-0.2, -0.15) is 0 Å². The Labute approximate surface area is 116 Å². The molecular weight excluding hydrogens is 236 g/mol. The largest absolute Gasteiger partial charge is 0.496 e. The van der Waals surface area contributed by atoms with Crippen molar-refractivity contribution in [2.75, 3.05) is 33.8 Å². The number of rotatable bonds is 5. The Hall–Kier alpha value is -1.06. The normalized spacial score (nSPS) is 19.7. The molecule has 1 saturated heterocycles. The summed E-state index contributed by atoms with van der Waals surface area (Å²) in [4.78, 5) is 2.48. The molecule has 2 rings (SSSR count).